The molecule has 0 saturated heterocycles. The summed E-state index contributed by atoms with van der Waals surface area (Å²) in [4.78, 5) is 22.8. The van der Waals surface area contributed by atoms with Crippen LogP contribution in [0.2, 0.25) is 5.02 Å². The fourth-order valence-corrected chi connectivity index (χ4v) is 2.60. The van der Waals surface area contributed by atoms with Crippen molar-refractivity contribution in [3.63, 3.8) is 0 Å². The number of hydrogen-bond acceptors (Lipinski definition) is 7. The minimum atomic E-state index is -0.560. The van der Waals surface area contributed by atoms with Crippen LogP contribution in [0.15, 0.2) is 47.1 Å². The van der Waals surface area contributed by atoms with Gasteiger partial charge in [-0.3, -0.25) is 0 Å². The molecule has 0 amide bonds. The molecule has 0 radical (unpaired) electrons. The molecule has 134 valence electrons. The summed E-state index contributed by atoms with van der Waals surface area (Å²) in [6.45, 7) is 1.94. The summed E-state index contributed by atoms with van der Waals surface area (Å²) in [6.07, 6.45) is 1.49. The molecule has 1 aromatic carbocycles. The zero-order chi connectivity index (χ0) is 18.7. The number of hydrogen-bond donors (Lipinski definition) is 1. The summed E-state index contributed by atoms with van der Waals surface area (Å²) in [5.41, 5.74) is 7.10. The van der Waals surface area contributed by atoms with Crippen LogP contribution in [0.5, 0.6) is 0 Å². The second-order valence-electron chi connectivity index (χ2n) is 5.36. The van der Waals surface area contributed by atoms with Crippen LogP contribution in [-0.2, 0) is 4.74 Å². The Kier molecular flexibility index (Phi) is 5.09. The molecule has 3 aromatic rings. The second kappa shape index (κ2) is 7.45. The summed E-state index contributed by atoms with van der Waals surface area (Å²) in [5, 5.41) is 0.603. The first kappa shape index (κ1) is 17.8. The van der Waals surface area contributed by atoms with Crippen molar-refractivity contribution in [3.8, 4) is 11.5 Å². The molecule has 2 aromatic heterocycles. The molecule has 0 unspecified atom stereocenters. The van der Waals surface area contributed by atoms with E-state index in [0.29, 0.717) is 16.6 Å². The lowest BCUT2D eigenvalue weighted by Gasteiger charge is -2.22. The molecule has 0 saturated carbocycles. The van der Waals surface area contributed by atoms with Crippen molar-refractivity contribution in [2.45, 2.75) is 6.92 Å². The van der Waals surface area contributed by atoms with E-state index in [1.807, 2.05) is 12.1 Å². The van der Waals surface area contributed by atoms with Gasteiger partial charge in [0, 0.05) is 17.8 Å². The fraction of sp³-hybridized carbons (Fsp3) is 0.167. The summed E-state index contributed by atoms with van der Waals surface area (Å²) >= 11 is 5.95. The smallest absolute Gasteiger partial charge is 0.344 e. The van der Waals surface area contributed by atoms with Crippen LogP contribution in [0.3, 0.4) is 0 Å². The van der Waals surface area contributed by atoms with Gasteiger partial charge in [-0.15, -0.1) is 0 Å². The highest BCUT2D eigenvalue weighted by Crippen LogP contribution is 2.33. The van der Waals surface area contributed by atoms with Crippen LogP contribution >= 0.6 is 11.6 Å². The van der Waals surface area contributed by atoms with E-state index in [4.69, 9.17) is 26.5 Å². The molecule has 8 heteroatoms. The zero-order valence-electron chi connectivity index (χ0n) is 14.3. The first-order valence-corrected chi connectivity index (χ1v) is 8.27. The number of nitrogen functional groups attached to an aromatic ring is 1. The zero-order valence-corrected chi connectivity index (χ0v) is 15.0. The molecule has 0 aliphatic heterocycles. The maximum absolute atomic E-state index is 12.7. The topological polar surface area (TPSA) is 94.5 Å². The number of rotatable bonds is 5. The average Bonchev–Trinajstić information content (AvgIpc) is 3.15. The number of benzene rings is 1. The molecular weight excluding hydrogens is 356 g/mol. The van der Waals surface area contributed by atoms with Gasteiger partial charge < -0.3 is 19.8 Å². The van der Waals surface area contributed by atoms with E-state index in [0.717, 1.165) is 5.69 Å². The van der Waals surface area contributed by atoms with Crippen LogP contribution in [0.25, 0.3) is 11.5 Å². The molecule has 0 aliphatic rings. The number of furan rings is 1. The maximum Gasteiger partial charge on any atom is 0.344 e. The average molecular weight is 373 g/mol. The predicted octanol–water partition coefficient (Wildman–Crippen LogP) is 3.92. The highest BCUT2D eigenvalue weighted by molar-refractivity contribution is 6.30. The Morgan fingerprint density at radius 1 is 1.27 bits per heavy atom. The molecule has 0 spiro atoms. The number of nitrogens with two attached hydrogens (primary N) is 1. The third-order valence-corrected chi connectivity index (χ3v) is 3.92. The predicted molar refractivity (Wildman–Crippen MR) is 99.6 cm³/mol. The molecular formula is C18H17ClN4O3. The van der Waals surface area contributed by atoms with Gasteiger partial charge in [0.15, 0.2) is 11.6 Å². The normalized spacial score (nSPS) is 10.6. The monoisotopic (exact) mass is 372 g/mol. The molecule has 0 fully saturated rings. The second-order valence-corrected chi connectivity index (χ2v) is 5.80. The summed E-state index contributed by atoms with van der Waals surface area (Å²) in [6, 6.07) is 10.5. The molecule has 2 heterocycles. The Morgan fingerprint density at radius 3 is 2.62 bits per heavy atom. The molecule has 0 atom stereocenters. The third-order valence-electron chi connectivity index (χ3n) is 3.67. The Hall–Kier alpha value is -3.06. The van der Waals surface area contributed by atoms with Gasteiger partial charge in [-0.2, -0.15) is 4.98 Å². The van der Waals surface area contributed by atoms with Crippen LogP contribution in [-0.4, -0.2) is 29.6 Å². The lowest BCUT2D eigenvalue weighted by molar-refractivity contribution is 0.0527. The number of carbonyl (C=O) groups excluding carboxylic acids is 1. The number of halogens is 1. The minimum Gasteiger partial charge on any atom is -0.463 e. The number of carbonyl (C=O) groups is 1. The number of nitrogens with zero attached hydrogens (tertiary/aromatic N) is 3. The van der Waals surface area contributed by atoms with E-state index in [2.05, 4.69) is 9.97 Å². The maximum atomic E-state index is 12.7. The van der Waals surface area contributed by atoms with Crippen LogP contribution in [0.4, 0.5) is 17.5 Å². The highest BCUT2D eigenvalue weighted by atomic mass is 35.5. The first-order valence-electron chi connectivity index (χ1n) is 7.89. The standard InChI is InChI=1S/C18H17ClN4O3/c1-3-25-17(24)14-15(13-5-4-10-26-13)21-18(20)22-16(14)23(2)12-8-6-11(19)7-9-12/h4-10H,3H2,1-2H3,(H2,20,21,22). The molecule has 2 N–H and O–H groups in total. The largest absolute Gasteiger partial charge is 0.463 e. The summed E-state index contributed by atoms with van der Waals surface area (Å²) in [7, 11) is 1.76. The van der Waals surface area contributed by atoms with Gasteiger partial charge in [0.25, 0.3) is 0 Å². The fourth-order valence-electron chi connectivity index (χ4n) is 2.48. The van der Waals surface area contributed by atoms with E-state index in [9.17, 15) is 4.79 Å². The number of aromatic nitrogens is 2. The van der Waals surface area contributed by atoms with Gasteiger partial charge >= 0.3 is 5.97 Å². The van der Waals surface area contributed by atoms with Crippen molar-refractivity contribution in [3.05, 3.63) is 53.2 Å². The van der Waals surface area contributed by atoms with Gasteiger partial charge in [-0.05, 0) is 43.3 Å². The number of esters is 1. The lowest BCUT2D eigenvalue weighted by Crippen LogP contribution is -2.20. The van der Waals surface area contributed by atoms with E-state index < -0.39 is 5.97 Å². The lowest BCUT2D eigenvalue weighted by atomic mass is 10.1. The quantitative estimate of drug-likeness (QED) is 0.678. The van der Waals surface area contributed by atoms with E-state index >= 15 is 0 Å². The van der Waals surface area contributed by atoms with Crippen molar-refractivity contribution in [2.75, 3.05) is 24.3 Å². The molecule has 0 aliphatic carbocycles. The highest BCUT2D eigenvalue weighted by Gasteiger charge is 2.27. The van der Waals surface area contributed by atoms with E-state index in [-0.39, 0.29) is 23.8 Å². The summed E-state index contributed by atoms with van der Waals surface area (Å²) in [5.74, 6) is 0.160. The number of ether oxygens (including phenoxy) is 1. The number of anilines is 3. The molecule has 26 heavy (non-hydrogen) atoms. The van der Waals surface area contributed by atoms with Gasteiger partial charge in [0.1, 0.15) is 11.3 Å². The Bertz CT molecular complexity index is 911. The Morgan fingerprint density at radius 2 is 2.00 bits per heavy atom. The third kappa shape index (κ3) is 3.48. The van der Waals surface area contributed by atoms with Gasteiger partial charge in [0.2, 0.25) is 5.95 Å². The van der Waals surface area contributed by atoms with E-state index in [1.165, 1.54) is 6.26 Å². The Labute approximate surface area is 155 Å². The van der Waals surface area contributed by atoms with Crippen LogP contribution in [0, 0.1) is 0 Å². The SMILES string of the molecule is CCOC(=O)c1c(-c2ccco2)nc(N)nc1N(C)c1ccc(Cl)cc1. The van der Waals surface area contributed by atoms with Crippen LogP contribution < -0.4 is 10.6 Å². The minimum absolute atomic E-state index is 0.0141. The Balaban J connectivity index is 2.19. The molecule has 7 nitrogen and oxygen atoms in total. The van der Waals surface area contributed by atoms with E-state index in [1.54, 1.807) is 43.1 Å². The molecule has 0 bridgehead atoms. The van der Waals surface area contributed by atoms with Crippen molar-refractivity contribution in [1.29, 1.82) is 0 Å². The van der Waals surface area contributed by atoms with Crippen molar-refractivity contribution in [1.82, 2.24) is 9.97 Å². The molecule has 3 rings (SSSR count). The van der Waals surface area contributed by atoms with Crippen LogP contribution in [0.1, 0.15) is 17.3 Å². The van der Waals surface area contributed by atoms with Crippen molar-refractivity contribution < 1.29 is 13.9 Å². The van der Waals surface area contributed by atoms with Crippen molar-refractivity contribution in [2.24, 2.45) is 0 Å². The van der Waals surface area contributed by atoms with Crippen molar-refractivity contribution >= 4 is 35.0 Å². The van der Waals surface area contributed by atoms with Gasteiger partial charge in [-0.25, -0.2) is 9.78 Å². The summed E-state index contributed by atoms with van der Waals surface area (Å²) < 4.78 is 10.6. The first-order chi connectivity index (χ1) is 12.5. The van der Waals surface area contributed by atoms with Gasteiger partial charge in [-0.1, -0.05) is 11.6 Å². The van der Waals surface area contributed by atoms with Gasteiger partial charge in [0.05, 0.1) is 12.9 Å².